The topological polar surface area (TPSA) is 160 Å². The van der Waals surface area contributed by atoms with E-state index in [0.29, 0.717) is 24.1 Å². The van der Waals surface area contributed by atoms with E-state index in [0.717, 1.165) is 10.4 Å². The van der Waals surface area contributed by atoms with Gasteiger partial charge in [0.25, 0.3) is 5.91 Å². The normalized spacial score (nSPS) is 25.3. The van der Waals surface area contributed by atoms with Crippen molar-refractivity contribution in [1.82, 2.24) is 29.3 Å². The van der Waals surface area contributed by atoms with Crippen molar-refractivity contribution in [3.8, 4) is 0 Å². The van der Waals surface area contributed by atoms with Gasteiger partial charge in [-0.2, -0.15) is 0 Å². The first-order valence-corrected chi connectivity index (χ1v) is 13.4. The lowest BCUT2D eigenvalue weighted by Gasteiger charge is -2.21. The Hall–Kier alpha value is -3.91. The number of nitrogen functional groups attached to an aromatic ring is 1. The maximum atomic E-state index is 13.5. The lowest BCUT2D eigenvalue weighted by Crippen LogP contribution is -2.37. The largest absolute Gasteiger partial charge is 0.388 e. The van der Waals surface area contributed by atoms with E-state index >= 15 is 0 Å². The highest BCUT2D eigenvalue weighted by Gasteiger charge is 2.48. The lowest BCUT2D eigenvalue weighted by atomic mass is 10.0. The van der Waals surface area contributed by atoms with Gasteiger partial charge in [-0.1, -0.05) is 36.4 Å². The molecule has 3 amide bonds. The Bertz CT molecular complexity index is 1480. The van der Waals surface area contributed by atoms with Crippen LogP contribution in [0.15, 0.2) is 60.5 Å². The van der Waals surface area contributed by atoms with Crippen molar-refractivity contribution in [3.63, 3.8) is 0 Å². The molecular weight excluding hydrogens is 522 g/mol. The first kappa shape index (κ1) is 25.4. The Morgan fingerprint density at radius 3 is 2.62 bits per heavy atom. The number of hydrogen-bond donors (Lipinski definition) is 3. The van der Waals surface area contributed by atoms with Crippen molar-refractivity contribution in [1.29, 1.82) is 0 Å². The number of hydrogen-bond acceptors (Lipinski definition) is 10. The van der Waals surface area contributed by atoms with Crippen LogP contribution in [0.3, 0.4) is 0 Å². The Balaban J connectivity index is 1.18. The number of fused-ring (bicyclic) bond motifs is 1. The second-order valence-corrected chi connectivity index (χ2v) is 10.6. The number of nitrogens with two attached hydrogens (primary N) is 1. The number of nitrogens with zero attached hydrogens (tertiary/aromatic N) is 6. The minimum Gasteiger partial charge on any atom is -0.388 e. The molecule has 4 N–H and O–H groups in total. The van der Waals surface area contributed by atoms with E-state index in [9.17, 15) is 19.8 Å². The Morgan fingerprint density at radius 1 is 1.03 bits per heavy atom. The zero-order valence-electron chi connectivity index (χ0n) is 20.8. The predicted molar refractivity (Wildman–Crippen MR) is 141 cm³/mol. The summed E-state index contributed by atoms with van der Waals surface area (Å²) in [4.78, 5) is 43.1. The zero-order chi connectivity index (χ0) is 27.1. The number of aliphatic hydroxyl groups excluding tert-OH is 2. The van der Waals surface area contributed by atoms with Gasteiger partial charge in [0.2, 0.25) is 0 Å². The van der Waals surface area contributed by atoms with Gasteiger partial charge in [0.15, 0.2) is 17.7 Å². The van der Waals surface area contributed by atoms with Crippen LogP contribution in [0.5, 0.6) is 0 Å². The van der Waals surface area contributed by atoms with E-state index in [1.807, 2.05) is 47.8 Å². The third-order valence-electron chi connectivity index (χ3n) is 7.22. The second kappa shape index (κ2) is 10.3. The molecule has 0 saturated carbocycles. The van der Waals surface area contributed by atoms with Crippen molar-refractivity contribution in [2.24, 2.45) is 0 Å². The molecule has 3 aromatic heterocycles. The van der Waals surface area contributed by atoms with Crippen LogP contribution in [0.25, 0.3) is 11.2 Å². The number of ether oxygens (including phenoxy) is 1. The fourth-order valence-electron chi connectivity index (χ4n) is 5.19. The number of urea groups is 1. The molecule has 2 aliphatic heterocycles. The molecule has 0 radical (unpaired) electrons. The summed E-state index contributed by atoms with van der Waals surface area (Å²) in [6.07, 6.45) is -1.10. The van der Waals surface area contributed by atoms with Gasteiger partial charge in [0.05, 0.1) is 19.0 Å². The SMILES string of the molecule is Nc1ncnc2c1ncn2[C@@H]1O[C@H](CCN2C(=O)C(Cc3ccccc3)N(Cc3cccs3)C2=O)C(O)[C@H]1O. The van der Waals surface area contributed by atoms with E-state index in [1.165, 1.54) is 33.5 Å². The van der Waals surface area contributed by atoms with Gasteiger partial charge in [0.1, 0.15) is 30.1 Å². The van der Waals surface area contributed by atoms with E-state index in [4.69, 9.17) is 10.5 Å². The summed E-state index contributed by atoms with van der Waals surface area (Å²) in [7, 11) is 0. The van der Waals surface area contributed by atoms with Crippen LogP contribution in [0, 0.1) is 0 Å². The Kier molecular flexibility index (Phi) is 6.73. The van der Waals surface area contributed by atoms with Crippen molar-refractivity contribution in [2.75, 3.05) is 12.3 Å². The summed E-state index contributed by atoms with van der Waals surface area (Å²) < 4.78 is 7.50. The summed E-state index contributed by atoms with van der Waals surface area (Å²) >= 11 is 1.53. The molecule has 2 unspecified atom stereocenters. The number of imidazole rings is 1. The number of benzene rings is 1. The monoisotopic (exact) mass is 549 g/mol. The van der Waals surface area contributed by atoms with E-state index < -0.39 is 30.6 Å². The summed E-state index contributed by atoms with van der Waals surface area (Å²) in [5.41, 5.74) is 7.53. The van der Waals surface area contributed by atoms with E-state index in [1.54, 1.807) is 4.90 Å². The summed E-state index contributed by atoms with van der Waals surface area (Å²) in [6.45, 7) is 0.364. The molecule has 0 aliphatic carbocycles. The van der Waals surface area contributed by atoms with Crippen molar-refractivity contribution in [2.45, 2.75) is 50.0 Å². The van der Waals surface area contributed by atoms with E-state index in [2.05, 4.69) is 15.0 Å². The number of carbonyl (C=O) groups is 2. The third-order valence-corrected chi connectivity index (χ3v) is 8.08. The maximum absolute atomic E-state index is 13.5. The number of rotatable bonds is 8. The number of aromatic nitrogens is 4. The molecule has 202 valence electrons. The molecule has 5 atom stereocenters. The molecule has 4 aromatic rings. The van der Waals surface area contributed by atoms with Gasteiger partial charge in [-0.3, -0.25) is 14.3 Å². The number of anilines is 1. The van der Waals surface area contributed by atoms with Gasteiger partial charge >= 0.3 is 6.03 Å². The zero-order valence-corrected chi connectivity index (χ0v) is 21.6. The highest BCUT2D eigenvalue weighted by Crippen LogP contribution is 2.34. The van der Waals surface area contributed by atoms with Crippen molar-refractivity contribution >= 4 is 40.3 Å². The fourth-order valence-corrected chi connectivity index (χ4v) is 5.90. The first-order chi connectivity index (χ1) is 18.9. The van der Waals surface area contributed by atoms with Crippen LogP contribution in [-0.2, 0) is 22.5 Å². The van der Waals surface area contributed by atoms with Crippen molar-refractivity contribution in [3.05, 3.63) is 70.9 Å². The van der Waals surface area contributed by atoms with Crippen LogP contribution >= 0.6 is 11.3 Å². The third kappa shape index (κ3) is 4.63. The summed E-state index contributed by atoms with van der Waals surface area (Å²) in [6, 6.07) is 12.4. The van der Waals surface area contributed by atoms with Gasteiger partial charge in [0, 0.05) is 17.8 Å². The number of amides is 3. The Labute approximate surface area is 227 Å². The summed E-state index contributed by atoms with van der Waals surface area (Å²) in [5, 5.41) is 23.5. The number of imide groups is 1. The van der Waals surface area contributed by atoms with E-state index in [-0.39, 0.29) is 30.7 Å². The van der Waals surface area contributed by atoms with Gasteiger partial charge in [-0.15, -0.1) is 11.3 Å². The minimum absolute atomic E-state index is 0.0326. The smallest absolute Gasteiger partial charge is 0.327 e. The molecule has 39 heavy (non-hydrogen) atoms. The van der Waals surface area contributed by atoms with Crippen LogP contribution in [-0.4, -0.2) is 82.4 Å². The molecule has 2 fully saturated rings. The highest BCUT2D eigenvalue weighted by molar-refractivity contribution is 7.09. The first-order valence-electron chi connectivity index (χ1n) is 12.5. The van der Waals surface area contributed by atoms with Crippen LogP contribution < -0.4 is 5.73 Å². The van der Waals surface area contributed by atoms with Crippen LogP contribution in [0.2, 0.25) is 0 Å². The maximum Gasteiger partial charge on any atom is 0.327 e. The molecule has 2 aliphatic rings. The number of thiophene rings is 1. The van der Waals surface area contributed by atoms with Gasteiger partial charge in [-0.05, 0) is 23.4 Å². The van der Waals surface area contributed by atoms with Crippen LogP contribution in [0.4, 0.5) is 10.6 Å². The number of carbonyl (C=O) groups excluding carboxylic acids is 2. The fraction of sp³-hybridized carbons (Fsp3) is 0.346. The highest BCUT2D eigenvalue weighted by atomic mass is 32.1. The van der Waals surface area contributed by atoms with Gasteiger partial charge < -0.3 is 25.6 Å². The van der Waals surface area contributed by atoms with Crippen LogP contribution in [0.1, 0.15) is 23.1 Å². The lowest BCUT2D eigenvalue weighted by molar-refractivity contribution is -0.128. The molecule has 1 aromatic carbocycles. The molecule has 13 heteroatoms. The molecule has 5 heterocycles. The average Bonchev–Trinajstić information content (AvgIpc) is 3.71. The molecule has 0 spiro atoms. The molecule has 6 rings (SSSR count). The quantitative estimate of drug-likeness (QED) is 0.277. The Morgan fingerprint density at radius 2 is 1.85 bits per heavy atom. The van der Waals surface area contributed by atoms with Crippen molar-refractivity contribution < 1.29 is 24.5 Å². The van der Waals surface area contributed by atoms with Gasteiger partial charge in [-0.25, -0.2) is 19.7 Å². The average molecular weight is 550 g/mol. The molecule has 2 saturated heterocycles. The molecular formula is C26H27N7O5S. The standard InChI is InChI=1S/C26H27N7O5S/c27-22-19-23(29-13-28-22)33(14-30-19)25-21(35)20(34)18(38-25)8-9-31-24(36)17(11-15-5-2-1-3-6-15)32(26(31)37)12-16-7-4-10-39-16/h1-7,10,13-14,17-18,20-21,25,34-35H,8-9,11-12H2,(H2,27,28,29)/t17?,18-,20?,21-,25-/m1/s1. The number of aliphatic hydroxyl groups is 2. The second-order valence-electron chi connectivity index (χ2n) is 9.60. The minimum atomic E-state index is -1.28. The molecule has 0 bridgehead atoms. The molecule has 12 nitrogen and oxygen atoms in total. The predicted octanol–water partition coefficient (Wildman–Crippen LogP) is 1.55. The summed E-state index contributed by atoms with van der Waals surface area (Å²) in [5.74, 6) is -0.107.